The number of amides is 4. The second kappa shape index (κ2) is 9.48. The number of para-hydroxylation sites is 1. The smallest absolute Gasteiger partial charge is 0.335 e. The van der Waals surface area contributed by atoms with E-state index >= 15 is 0 Å². The molecule has 1 aliphatic heterocycles. The Bertz CT molecular complexity index is 1760. The first-order valence-electron chi connectivity index (χ1n) is 12.6. The molecule has 4 amide bonds. The van der Waals surface area contributed by atoms with Gasteiger partial charge in [0.2, 0.25) is 0 Å². The van der Waals surface area contributed by atoms with Crippen molar-refractivity contribution in [3.8, 4) is 0 Å². The maximum atomic E-state index is 13.5. The largest absolute Gasteiger partial charge is 0.342 e. The summed E-state index contributed by atoms with van der Waals surface area (Å²) in [4.78, 5) is 39.9. The monoisotopic (exact) mass is 499 g/mol. The highest BCUT2D eigenvalue weighted by molar-refractivity contribution is 6.39. The van der Waals surface area contributed by atoms with Gasteiger partial charge < -0.3 is 4.57 Å². The normalized spacial score (nSPS) is 15.0. The van der Waals surface area contributed by atoms with Crippen LogP contribution in [0.15, 0.2) is 103 Å². The first-order valence-corrected chi connectivity index (χ1v) is 12.6. The first kappa shape index (κ1) is 23.4. The molecule has 1 saturated heterocycles. The van der Waals surface area contributed by atoms with Gasteiger partial charge in [0, 0.05) is 29.2 Å². The molecule has 1 aliphatic rings. The fourth-order valence-corrected chi connectivity index (χ4v) is 5.06. The summed E-state index contributed by atoms with van der Waals surface area (Å²) in [7, 11) is 0. The molecule has 186 valence electrons. The third-order valence-electron chi connectivity index (χ3n) is 7.04. The summed E-state index contributed by atoms with van der Waals surface area (Å²) in [6.07, 6.45) is 4.38. The Labute approximate surface area is 219 Å². The third-order valence-corrected chi connectivity index (χ3v) is 7.04. The highest BCUT2D eigenvalue weighted by atomic mass is 16.2. The second-order valence-corrected chi connectivity index (χ2v) is 9.35. The summed E-state index contributed by atoms with van der Waals surface area (Å²) in [6.45, 7) is 2.66. The minimum Gasteiger partial charge on any atom is -0.342 e. The van der Waals surface area contributed by atoms with Crippen molar-refractivity contribution in [1.82, 2.24) is 9.88 Å². The van der Waals surface area contributed by atoms with Crippen LogP contribution in [-0.4, -0.2) is 22.4 Å². The van der Waals surface area contributed by atoms with E-state index in [9.17, 15) is 14.4 Å². The van der Waals surface area contributed by atoms with Crippen LogP contribution in [-0.2, 0) is 22.6 Å². The number of hydrogen-bond acceptors (Lipinski definition) is 3. The Kier molecular flexibility index (Phi) is 5.85. The molecule has 1 aromatic heterocycles. The molecular weight excluding hydrogens is 474 g/mol. The zero-order valence-electron chi connectivity index (χ0n) is 20.8. The minimum atomic E-state index is -0.750. The fraction of sp³-hybridized carbons (Fsp3) is 0.0938. The standard InChI is InChI=1S/C32H25N3O3/c1-2-21-14-16-25(17-15-21)35-31(37)28(30(36)33-32(35)38)18-24-20-34(29-13-6-5-12-27(24)29)19-23-10-7-9-22-8-3-4-11-26(22)23/h3-18,20H,2,19H2,1H3,(H,33,36,38)/b28-18-. The van der Waals surface area contributed by atoms with Crippen LogP contribution in [0.25, 0.3) is 27.8 Å². The number of carbonyl (C=O) groups excluding carboxylic acids is 3. The van der Waals surface area contributed by atoms with E-state index < -0.39 is 17.8 Å². The maximum absolute atomic E-state index is 13.5. The lowest BCUT2D eigenvalue weighted by Crippen LogP contribution is -2.54. The molecule has 4 aromatic carbocycles. The molecule has 6 rings (SSSR count). The van der Waals surface area contributed by atoms with Gasteiger partial charge in [0.25, 0.3) is 11.8 Å². The molecule has 6 heteroatoms. The molecule has 0 spiro atoms. The van der Waals surface area contributed by atoms with Gasteiger partial charge in [-0.2, -0.15) is 0 Å². The van der Waals surface area contributed by atoms with E-state index in [4.69, 9.17) is 0 Å². The molecule has 38 heavy (non-hydrogen) atoms. The van der Waals surface area contributed by atoms with Gasteiger partial charge >= 0.3 is 6.03 Å². The van der Waals surface area contributed by atoms with E-state index in [1.54, 1.807) is 18.2 Å². The van der Waals surface area contributed by atoms with Crippen molar-refractivity contribution in [3.63, 3.8) is 0 Å². The molecule has 1 fully saturated rings. The lowest BCUT2D eigenvalue weighted by molar-refractivity contribution is -0.122. The third kappa shape index (κ3) is 4.06. The van der Waals surface area contributed by atoms with Crippen LogP contribution in [0.1, 0.15) is 23.6 Å². The van der Waals surface area contributed by atoms with Gasteiger partial charge in [-0.25, -0.2) is 9.69 Å². The van der Waals surface area contributed by atoms with E-state index in [2.05, 4.69) is 40.2 Å². The summed E-state index contributed by atoms with van der Waals surface area (Å²) in [6, 6.07) is 28.9. The molecule has 0 saturated carbocycles. The number of barbiturate groups is 1. The summed E-state index contributed by atoms with van der Waals surface area (Å²) in [5.41, 5.74) is 4.30. The molecule has 0 bridgehead atoms. The number of anilines is 1. The molecule has 2 heterocycles. The summed E-state index contributed by atoms with van der Waals surface area (Å²) < 4.78 is 2.13. The van der Waals surface area contributed by atoms with Crippen molar-refractivity contribution in [2.45, 2.75) is 19.9 Å². The van der Waals surface area contributed by atoms with E-state index in [0.717, 1.165) is 33.4 Å². The molecule has 0 unspecified atom stereocenters. The van der Waals surface area contributed by atoms with E-state index in [1.807, 2.05) is 61.7 Å². The number of carbonyl (C=O) groups is 3. The van der Waals surface area contributed by atoms with Crippen molar-refractivity contribution < 1.29 is 14.4 Å². The van der Waals surface area contributed by atoms with Crippen LogP contribution >= 0.6 is 0 Å². The highest BCUT2D eigenvalue weighted by Gasteiger charge is 2.37. The number of rotatable bonds is 5. The van der Waals surface area contributed by atoms with E-state index in [-0.39, 0.29) is 5.57 Å². The number of urea groups is 1. The average molecular weight is 500 g/mol. The van der Waals surface area contributed by atoms with Crippen molar-refractivity contribution in [3.05, 3.63) is 119 Å². The van der Waals surface area contributed by atoms with Gasteiger partial charge in [0.15, 0.2) is 0 Å². The van der Waals surface area contributed by atoms with Gasteiger partial charge in [-0.15, -0.1) is 0 Å². The van der Waals surface area contributed by atoms with Gasteiger partial charge in [-0.1, -0.05) is 79.7 Å². The van der Waals surface area contributed by atoms with Crippen LogP contribution in [0.2, 0.25) is 0 Å². The van der Waals surface area contributed by atoms with Crippen LogP contribution in [0.5, 0.6) is 0 Å². The Morgan fingerprint density at radius 2 is 1.50 bits per heavy atom. The highest BCUT2D eigenvalue weighted by Crippen LogP contribution is 2.28. The Morgan fingerprint density at radius 1 is 0.789 bits per heavy atom. The first-order chi connectivity index (χ1) is 18.5. The van der Waals surface area contributed by atoms with Gasteiger partial charge in [-0.05, 0) is 52.6 Å². The zero-order chi connectivity index (χ0) is 26.2. The van der Waals surface area contributed by atoms with Crippen molar-refractivity contribution in [2.75, 3.05) is 4.90 Å². The molecular formula is C32H25N3O3. The molecule has 6 nitrogen and oxygen atoms in total. The van der Waals surface area contributed by atoms with Crippen LogP contribution in [0.3, 0.4) is 0 Å². The number of hydrogen-bond donors (Lipinski definition) is 1. The molecule has 0 radical (unpaired) electrons. The number of aromatic nitrogens is 1. The van der Waals surface area contributed by atoms with E-state index in [0.29, 0.717) is 12.2 Å². The van der Waals surface area contributed by atoms with Gasteiger partial charge in [0.1, 0.15) is 5.57 Å². The summed E-state index contributed by atoms with van der Waals surface area (Å²) >= 11 is 0. The van der Waals surface area contributed by atoms with Crippen LogP contribution < -0.4 is 10.2 Å². The fourth-order valence-electron chi connectivity index (χ4n) is 5.06. The molecule has 0 aliphatic carbocycles. The zero-order valence-corrected chi connectivity index (χ0v) is 20.8. The SMILES string of the molecule is CCc1ccc(N2C(=O)NC(=O)/C(=C/c3cn(Cc4cccc5ccccc45)c4ccccc34)C2=O)cc1. The maximum Gasteiger partial charge on any atom is 0.335 e. The van der Waals surface area contributed by atoms with Gasteiger partial charge in [0.05, 0.1) is 5.69 Å². The number of fused-ring (bicyclic) bond motifs is 2. The number of benzene rings is 4. The Hall–Kier alpha value is -4.97. The topological polar surface area (TPSA) is 71.4 Å². The Morgan fingerprint density at radius 3 is 2.29 bits per heavy atom. The average Bonchev–Trinajstić information content (AvgIpc) is 3.28. The summed E-state index contributed by atoms with van der Waals surface area (Å²) in [5, 5.41) is 5.59. The lowest BCUT2D eigenvalue weighted by atomic mass is 10.0. The van der Waals surface area contributed by atoms with Crippen LogP contribution in [0.4, 0.5) is 10.5 Å². The Balaban J connectivity index is 1.41. The van der Waals surface area contributed by atoms with Crippen molar-refractivity contribution >= 4 is 51.3 Å². The predicted molar refractivity (Wildman–Crippen MR) is 150 cm³/mol. The van der Waals surface area contributed by atoms with Crippen molar-refractivity contribution in [1.29, 1.82) is 0 Å². The second-order valence-electron chi connectivity index (χ2n) is 9.35. The summed E-state index contributed by atoms with van der Waals surface area (Å²) in [5.74, 6) is -1.35. The molecule has 1 N–H and O–H groups in total. The quantitative estimate of drug-likeness (QED) is 0.236. The van der Waals surface area contributed by atoms with Crippen LogP contribution in [0, 0.1) is 0 Å². The molecule has 0 atom stereocenters. The number of nitrogens with zero attached hydrogens (tertiary/aromatic N) is 2. The number of aryl methyl sites for hydroxylation is 1. The number of imide groups is 2. The van der Waals surface area contributed by atoms with Gasteiger partial charge in [-0.3, -0.25) is 14.9 Å². The number of nitrogens with one attached hydrogen (secondary N) is 1. The van der Waals surface area contributed by atoms with E-state index in [1.165, 1.54) is 16.3 Å². The predicted octanol–water partition coefficient (Wildman–Crippen LogP) is 6.07. The van der Waals surface area contributed by atoms with Crippen molar-refractivity contribution in [2.24, 2.45) is 0 Å². The lowest BCUT2D eigenvalue weighted by Gasteiger charge is -2.26. The molecule has 5 aromatic rings. The minimum absolute atomic E-state index is 0.0859.